The lowest BCUT2D eigenvalue weighted by atomic mass is 10.00. The van der Waals surface area contributed by atoms with E-state index in [0.717, 1.165) is 0 Å². The van der Waals surface area contributed by atoms with Gasteiger partial charge in [-0.25, -0.2) is 4.79 Å². The summed E-state index contributed by atoms with van der Waals surface area (Å²) < 4.78 is 0. The molecule has 1 aliphatic heterocycles. The average molecular weight is 1150 g/mol. The number of phenolic OH excluding ortho intramolecular Hbond substituents is 1. The SMILES string of the molecule is CC(C)[C@H](NC(=O)[C@H](CC(N)=O)NC(=O)[C@H](C)NC(=O)[C@@H]1CCCN1C(=O)[C@@H](NC(=O)[C@@H](N)Cc1ccc(O)cc1)C(C)C)C(=O)NCC(=O)N[C@@H](CO)C(=O)N[C@@H](CCC(=O)O)C(=O)N[C@@H](C)C(=O)N[C@@H](Cc1ccccc1)C(=O)O. The topological polar surface area (TPSA) is 466 Å². The van der Waals surface area contributed by atoms with Crippen LogP contribution in [0.5, 0.6) is 5.75 Å². The number of likely N-dealkylation sites (tertiary alicyclic amines) is 1. The summed E-state index contributed by atoms with van der Waals surface area (Å²) in [5.74, 6) is -14.1. The van der Waals surface area contributed by atoms with Crippen LogP contribution < -0.4 is 59.3 Å². The number of benzene rings is 2. The van der Waals surface area contributed by atoms with E-state index in [-0.39, 0.29) is 31.6 Å². The standard InChI is InChI=1S/C53H76N12O17/c1-26(2)42(51(79)56-24-40(69)59-37(25-66)49(77)60-34(18-19-41(70)71)47(75)57-28(5)45(73)62-36(53(81)82)22-30-11-8-7-9-12-30)63-48(76)35(23-39(55)68)61-44(72)29(6)58-50(78)38-13-10-20-65(38)52(80)43(27(3)4)64-46(74)33(54)21-31-14-16-32(67)17-15-31/h7-9,11-12,14-17,26-29,33-38,42-43,66-67H,10,13,18-25,54H2,1-6H3,(H2,55,68)(H,56,79)(H,57,75)(H,58,78)(H,59,69)(H,60,77)(H,61,72)(H,62,73)(H,63,76)(H,64,74)(H,70,71)(H,81,82)/t28-,29-,33-,34-,35-,36-,37-,38-,42-,43-/m0/s1. The number of aromatic hydroxyl groups is 1. The Morgan fingerprint density at radius 1 is 0.598 bits per heavy atom. The van der Waals surface area contributed by atoms with Gasteiger partial charge in [0, 0.05) is 19.4 Å². The van der Waals surface area contributed by atoms with Gasteiger partial charge in [0.15, 0.2) is 0 Å². The smallest absolute Gasteiger partial charge is 0.326 e. The second kappa shape index (κ2) is 32.5. The Kier molecular flexibility index (Phi) is 26.8. The molecular formula is C53H76N12O17. The normalized spacial score (nSPS) is 16.2. The Hall–Kier alpha value is -8.73. The van der Waals surface area contributed by atoms with Crippen molar-refractivity contribution in [1.29, 1.82) is 0 Å². The number of nitrogens with zero attached hydrogens (tertiary/aromatic N) is 1. The number of aliphatic carboxylic acids is 2. The van der Waals surface area contributed by atoms with Crippen LogP contribution in [0.1, 0.15) is 84.8 Å². The van der Waals surface area contributed by atoms with E-state index in [9.17, 15) is 82.8 Å². The minimum Gasteiger partial charge on any atom is -0.508 e. The average Bonchev–Trinajstić information content (AvgIpc) is 4.07. The van der Waals surface area contributed by atoms with Crippen molar-refractivity contribution < 1.29 is 82.8 Å². The number of primary amides is 1. The molecule has 0 aromatic heterocycles. The summed E-state index contributed by atoms with van der Waals surface area (Å²) in [7, 11) is 0. The molecule has 17 N–H and O–H groups in total. The van der Waals surface area contributed by atoms with Gasteiger partial charge in [-0.15, -0.1) is 0 Å². The van der Waals surface area contributed by atoms with E-state index in [2.05, 4.69) is 47.9 Å². The van der Waals surface area contributed by atoms with Gasteiger partial charge in [-0.3, -0.25) is 57.5 Å². The largest absolute Gasteiger partial charge is 0.508 e. The Balaban J connectivity index is 1.60. The van der Waals surface area contributed by atoms with Crippen LogP contribution in [0.15, 0.2) is 54.6 Å². The fraction of sp³-hybridized carbons (Fsp3) is 0.528. The lowest BCUT2D eigenvalue weighted by Crippen LogP contribution is -2.60. The molecule has 1 saturated heterocycles. The first-order chi connectivity index (χ1) is 38.5. The van der Waals surface area contributed by atoms with Gasteiger partial charge in [-0.05, 0) is 74.6 Å². The number of phenols is 1. The first-order valence-corrected chi connectivity index (χ1v) is 26.4. The van der Waals surface area contributed by atoms with Crippen LogP contribution in [0.3, 0.4) is 0 Å². The van der Waals surface area contributed by atoms with Gasteiger partial charge in [-0.1, -0.05) is 70.2 Å². The van der Waals surface area contributed by atoms with Gasteiger partial charge in [-0.2, -0.15) is 0 Å². The maximum atomic E-state index is 13.9. The number of carboxylic acid groups (broad SMARTS) is 2. The zero-order valence-electron chi connectivity index (χ0n) is 46.4. The lowest BCUT2D eigenvalue weighted by Gasteiger charge is -2.31. The van der Waals surface area contributed by atoms with Gasteiger partial charge in [0.25, 0.3) is 0 Å². The zero-order chi connectivity index (χ0) is 61.5. The van der Waals surface area contributed by atoms with Gasteiger partial charge in [0.1, 0.15) is 60.1 Å². The van der Waals surface area contributed by atoms with Crippen molar-refractivity contribution >= 4 is 76.9 Å². The highest BCUT2D eigenvalue weighted by Gasteiger charge is 2.40. The molecular weight excluding hydrogens is 1080 g/mol. The van der Waals surface area contributed by atoms with E-state index in [0.29, 0.717) is 17.5 Å². The Labute approximate surface area is 472 Å². The number of hydrogen-bond acceptors (Lipinski definition) is 16. The van der Waals surface area contributed by atoms with Crippen molar-refractivity contribution in [3.05, 3.63) is 65.7 Å². The molecule has 450 valence electrons. The molecule has 10 atom stereocenters. The summed E-state index contributed by atoms with van der Waals surface area (Å²) in [6.07, 6.45) is -1.37. The highest BCUT2D eigenvalue weighted by atomic mass is 16.4. The summed E-state index contributed by atoms with van der Waals surface area (Å²) in [4.78, 5) is 171. The van der Waals surface area contributed by atoms with Crippen molar-refractivity contribution in [2.24, 2.45) is 23.3 Å². The molecule has 82 heavy (non-hydrogen) atoms. The second-order valence-electron chi connectivity index (χ2n) is 20.4. The predicted octanol–water partition coefficient (Wildman–Crippen LogP) is -4.34. The third-order valence-corrected chi connectivity index (χ3v) is 13.0. The maximum Gasteiger partial charge on any atom is 0.326 e. The van der Waals surface area contributed by atoms with E-state index >= 15 is 0 Å². The molecule has 0 radical (unpaired) electrons. The van der Waals surface area contributed by atoms with Crippen LogP contribution >= 0.6 is 0 Å². The van der Waals surface area contributed by atoms with Crippen molar-refractivity contribution in [2.75, 3.05) is 19.7 Å². The molecule has 3 rings (SSSR count). The zero-order valence-corrected chi connectivity index (χ0v) is 46.4. The van der Waals surface area contributed by atoms with Gasteiger partial charge in [0.2, 0.25) is 65.0 Å². The summed E-state index contributed by atoms with van der Waals surface area (Å²) in [5.41, 5.74) is 12.8. The van der Waals surface area contributed by atoms with Crippen molar-refractivity contribution in [3.8, 4) is 5.75 Å². The summed E-state index contributed by atoms with van der Waals surface area (Å²) in [5, 5.41) is 59.7. The van der Waals surface area contributed by atoms with Crippen molar-refractivity contribution in [1.82, 2.24) is 52.8 Å². The molecule has 1 aliphatic rings. The lowest BCUT2D eigenvalue weighted by molar-refractivity contribution is -0.143. The second-order valence-corrected chi connectivity index (χ2v) is 20.4. The van der Waals surface area contributed by atoms with Crippen LogP contribution in [0.4, 0.5) is 0 Å². The number of carboxylic acids is 2. The molecule has 1 fully saturated rings. The van der Waals surface area contributed by atoms with E-state index in [4.69, 9.17) is 11.5 Å². The van der Waals surface area contributed by atoms with Gasteiger partial charge < -0.3 is 84.6 Å². The Bertz CT molecular complexity index is 2620. The van der Waals surface area contributed by atoms with Crippen LogP contribution in [0, 0.1) is 11.8 Å². The molecule has 0 bridgehead atoms. The number of aliphatic hydroxyl groups is 1. The number of nitrogens with one attached hydrogen (secondary N) is 9. The minimum absolute atomic E-state index is 0.0330. The molecule has 11 amide bonds. The predicted molar refractivity (Wildman–Crippen MR) is 290 cm³/mol. The maximum absolute atomic E-state index is 13.9. The van der Waals surface area contributed by atoms with E-state index in [1.54, 1.807) is 56.3 Å². The number of rotatable bonds is 32. The first-order valence-electron chi connectivity index (χ1n) is 26.4. The van der Waals surface area contributed by atoms with Gasteiger partial charge >= 0.3 is 11.9 Å². The van der Waals surface area contributed by atoms with Crippen LogP contribution in [0.2, 0.25) is 0 Å². The number of amides is 11. The molecule has 0 spiro atoms. The quantitative estimate of drug-likeness (QED) is 0.0329. The summed E-state index contributed by atoms with van der Waals surface area (Å²) in [6, 6.07) is 0.479. The summed E-state index contributed by atoms with van der Waals surface area (Å²) >= 11 is 0. The highest BCUT2D eigenvalue weighted by molar-refractivity contribution is 5.99. The highest BCUT2D eigenvalue weighted by Crippen LogP contribution is 2.21. The van der Waals surface area contributed by atoms with E-state index in [1.165, 1.54) is 44.7 Å². The molecule has 29 nitrogen and oxygen atoms in total. The molecule has 29 heteroatoms. The summed E-state index contributed by atoms with van der Waals surface area (Å²) in [6.45, 7) is 7.09. The number of hydrogen-bond donors (Lipinski definition) is 15. The third kappa shape index (κ3) is 21.7. The fourth-order valence-electron chi connectivity index (χ4n) is 8.36. The number of carbonyl (C=O) groups is 13. The molecule has 0 saturated carbocycles. The van der Waals surface area contributed by atoms with Crippen molar-refractivity contribution in [2.45, 2.75) is 147 Å². The van der Waals surface area contributed by atoms with Crippen molar-refractivity contribution in [3.63, 3.8) is 0 Å². The molecule has 1 heterocycles. The van der Waals surface area contributed by atoms with Crippen LogP contribution in [-0.2, 0) is 75.2 Å². The van der Waals surface area contributed by atoms with E-state index < -0.39 is 182 Å². The van der Waals surface area contributed by atoms with E-state index in [1.807, 2.05) is 0 Å². The minimum atomic E-state index is -1.80. The number of carbonyl (C=O) groups excluding carboxylic acids is 11. The third-order valence-electron chi connectivity index (χ3n) is 13.0. The van der Waals surface area contributed by atoms with Crippen LogP contribution in [-0.4, -0.2) is 182 Å². The molecule has 2 aromatic rings. The number of nitrogens with two attached hydrogens (primary N) is 2. The Morgan fingerprint density at radius 2 is 1.13 bits per heavy atom. The monoisotopic (exact) mass is 1150 g/mol. The van der Waals surface area contributed by atoms with Crippen LogP contribution in [0.25, 0.3) is 0 Å². The Morgan fingerprint density at radius 3 is 1.70 bits per heavy atom. The fourth-order valence-corrected chi connectivity index (χ4v) is 8.36. The number of aliphatic hydroxyl groups excluding tert-OH is 1. The van der Waals surface area contributed by atoms with Gasteiger partial charge in [0.05, 0.1) is 25.6 Å². The molecule has 2 aromatic carbocycles. The molecule has 0 unspecified atom stereocenters. The molecule has 0 aliphatic carbocycles. The first kappa shape index (κ1) is 67.5.